The van der Waals surface area contributed by atoms with Crippen LogP contribution in [0.25, 0.3) is 10.9 Å². The van der Waals surface area contributed by atoms with Gasteiger partial charge in [0, 0.05) is 36.5 Å². The number of hydrogen-bond donors (Lipinski definition) is 1. The molecule has 1 aromatic carbocycles. The number of nitrogens with zero attached hydrogens (tertiary/aromatic N) is 3. The van der Waals surface area contributed by atoms with E-state index in [1.165, 1.54) is 0 Å². The van der Waals surface area contributed by atoms with Crippen molar-refractivity contribution in [1.29, 1.82) is 0 Å². The highest BCUT2D eigenvalue weighted by atomic mass is 32.2. The Morgan fingerprint density at radius 3 is 2.80 bits per heavy atom. The molecule has 1 unspecified atom stereocenters. The Morgan fingerprint density at radius 1 is 1.16 bits per heavy atom. The fourth-order valence-electron chi connectivity index (χ4n) is 3.25. The number of carbonyl (C=O) groups excluding carboxylic acids is 2. The van der Waals surface area contributed by atoms with Gasteiger partial charge in [-0.15, -0.1) is 0 Å². The summed E-state index contributed by atoms with van der Waals surface area (Å²) in [4.78, 5) is 29.1. The average molecular weight is 360 g/mol. The van der Waals surface area contributed by atoms with Crippen molar-refractivity contribution in [1.82, 2.24) is 20.0 Å². The summed E-state index contributed by atoms with van der Waals surface area (Å²) >= 11 is 1.86. The van der Waals surface area contributed by atoms with Gasteiger partial charge in [0.1, 0.15) is 0 Å². The van der Waals surface area contributed by atoms with Crippen molar-refractivity contribution in [3.8, 4) is 0 Å². The van der Waals surface area contributed by atoms with Crippen LogP contribution in [-0.4, -0.2) is 82.2 Å². The van der Waals surface area contributed by atoms with E-state index in [0.29, 0.717) is 18.8 Å². The lowest BCUT2D eigenvalue weighted by Crippen LogP contribution is -2.53. The number of amides is 2. The third-order valence-corrected chi connectivity index (χ3v) is 5.57. The smallest absolute Gasteiger partial charge is 0.275 e. The highest BCUT2D eigenvalue weighted by Crippen LogP contribution is 2.19. The molecule has 25 heavy (non-hydrogen) atoms. The number of morpholine rings is 1. The van der Waals surface area contributed by atoms with Crippen molar-refractivity contribution in [2.75, 3.05) is 44.3 Å². The molecule has 0 radical (unpaired) electrons. The summed E-state index contributed by atoms with van der Waals surface area (Å²) in [7, 11) is 0. The third-order valence-electron chi connectivity index (χ3n) is 4.62. The Morgan fingerprint density at radius 2 is 1.96 bits per heavy atom. The van der Waals surface area contributed by atoms with Crippen molar-refractivity contribution < 1.29 is 14.3 Å². The van der Waals surface area contributed by atoms with Crippen LogP contribution in [0.4, 0.5) is 0 Å². The van der Waals surface area contributed by atoms with Crippen molar-refractivity contribution in [2.24, 2.45) is 0 Å². The number of thioether (sulfide) groups is 1. The van der Waals surface area contributed by atoms with Crippen molar-refractivity contribution in [3.63, 3.8) is 0 Å². The van der Waals surface area contributed by atoms with Crippen LogP contribution in [0, 0.1) is 0 Å². The van der Waals surface area contributed by atoms with Gasteiger partial charge in [-0.05, 0) is 6.07 Å². The Kier molecular flexibility index (Phi) is 4.63. The summed E-state index contributed by atoms with van der Waals surface area (Å²) in [5, 5.41) is 7.86. The van der Waals surface area contributed by atoms with Crippen molar-refractivity contribution >= 4 is 34.5 Å². The van der Waals surface area contributed by atoms with E-state index in [1.807, 2.05) is 40.9 Å². The molecule has 2 amide bonds. The van der Waals surface area contributed by atoms with Gasteiger partial charge in [-0.3, -0.25) is 14.7 Å². The molecule has 1 aromatic heterocycles. The minimum absolute atomic E-state index is 0.00955. The summed E-state index contributed by atoms with van der Waals surface area (Å²) < 4.78 is 5.66. The second kappa shape index (κ2) is 7.05. The molecule has 1 atom stereocenters. The first-order valence-corrected chi connectivity index (χ1v) is 9.60. The summed E-state index contributed by atoms with van der Waals surface area (Å²) in [5.41, 5.74) is 1.23. The normalized spacial score (nSPS) is 21.5. The van der Waals surface area contributed by atoms with E-state index in [2.05, 4.69) is 10.2 Å². The zero-order chi connectivity index (χ0) is 17.2. The summed E-state index contributed by atoms with van der Waals surface area (Å²) in [6, 6.07) is 7.55. The van der Waals surface area contributed by atoms with E-state index in [-0.39, 0.29) is 18.4 Å². The molecular weight excluding hydrogens is 340 g/mol. The molecule has 1 N–H and O–H groups in total. The van der Waals surface area contributed by atoms with Crippen LogP contribution in [-0.2, 0) is 9.53 Å². The van der Waals surface area contributed by atoms with E-state index in [4.69, 9.17) is 4.74 Å². The van der Waals surface area contributed by atoms with Gasteiger partial charge in [0.2, 0.25) is 0 Å². The highest BCUT2D eigenvalue weighted by molar-refractivity contribution is 7.99. The molecule has 4 rings (SSSR count). The van der Waals surface area contributed by atoms with Crippen molar-refractivity contribution in [2.45, 2.75) is 6.10 Å². The van der Waals surface area contributed by atoms with Crippen LogP contribution in [0.2, 0.25) is 0 Å². The molecule has 2 aliphatic heterocycles. The summed E-state index contributed by atoms with van der Waals surface area (Å²) in [6.07, 6.45) is -0.578. The number of benzene rings is 1. The second-order valence-electron chi connectivity index (χ2n) is 6.17. The van der Waals surface area contributed by atoms with E-state index in [1.54, 1.807) is 4.90 Å². The molecule has 7 nitrogen and oxygen atoms in total. The first kappa shape index (κ1) is 16.4. The highest BCUT2D eigenvalue weighted by Gasteiger charge is 2.34. The maximum Gasteiger partial charge on any atom is 0.275 e. The van der Waals surface area contributed by atoms with E-state index >= 15 is 0 Å². The monoisotopic (exact) mass is 360 g/mol. The fourth-order valence-corrected chi connectivity index (χ4v) is 4.15. The number of hydrogen-bond acceptors (Lipinski definition) is 5. The molecule has 8 heteroatoms. The molecule has 0 spiro atoms. The summed E-state index contributed by atoms with van der Waals surface area (Å²) in [5.74, 6) is 1.75. The Labute approximate surface area is 149 Å². The average Bonchev–Trinajstić information content (AvgIpc) is 3.12. The van der Waals surface area contributed by atoms with Gasteiger partial charge in [0.25, 0.3) is 11.8 Å². The lowest BCUT2D eigenvalue weighted by Gasteiger charge is -2.35. The second-order valence-corrected chi connectivity index (χ2v) is 7.39. The number of fused-ring (bicyclic) bond motifs is 1. The number of aromatic nitrogens is 2. The van der Waals surface area contributed by atoms with Crippen LogP contribution >= 0.6 is 11.8 Å². The number of H-pyrrole nitrogens is 1. The van der Waals surface area contributed by atoms with Gasteiger partial charge in [-0.25, -0.2) is 0 Å². The molecule has 2 saturated heterocycles. The molecule has 2 aromatic rings. The SMILES string of the molecule is O=C(c1n[nH]c2ccccc12)N1CCOC(C(=O)N2CCSCC2)C1. The fraction of sp³-hybridized carbons (Fsp3) is 0.471. The van der Waals surface area contributed by atoms with E-state index in [0.717, 1.165) is 35.5 Å². The number of rotatable bonds is 2. The maximum absolute atomic E-state index is 12.9. The van der Waals surface area contributed by atoms with Crippen LogP contribution in [0.1, 0.15) is 10.5 Å². The van der Waals surface area contributed by atoms with Gasteiger partial charge >= 0.3 is 0 Å². The number of para-hydroxylation sites is 1. The predicted octanol–water partition coefficient (Wildman–Crippen LogP) is 0.979. The zero-order valence-corrected chi connectivity index (χ0v) is 14.6. The molecule has 2 aliphatic rings. The number of aromatic amines is 1. The number of nitrogens with one attached hydrogen (secondary N) is 1. The van der Waals surface area contributed by atoms with E-state index < -0.39 is 6.10 Å². The minimum Gasteiger partial charge on any atom is -0.365 e. The van der Waals surface area contributed by atoms with Gasteiger partial charge in [-0.2, -0.15) is 16.9 Å². The molecule has 0 aliphatic carbocycles. The van der Waals surface area contributed by atoms with Crippen LogP contribution in [0.3, 0.4) is 0 Å². The minimum atomic E-state index is -0.578. The van der Waals surface area contributed by atoms with Gasteiger partial charge in [0.05, 0.1) is 18.7 Å². The Hall–Kier alpha value is -2.06. The first-order valence-electron chi connectivity index (χ1n) is 8.44. The van der Waals surface area contributed by atoms with Crippen LogP contribution in [0.5, 0.6) is 0 Å². The molecule has 2 fully saturated rings. The largest absolute Gasteiger partial charge is 0.365 e. The third kappa shape index (κ3) is 3.23. The van der Waals surface area contributed by atoms with Gasteiger partial charge in [-0.1, -0.05) is 18.2 Å². The lowest BCUT2D eigenvalue weighted by molar-refractivity contribution is -0.147. The van der Waals surface area contributed by atoms with Crippen molar-refractivity contribution in [3.05, 3.63) is 30.0 Å². The number of carbonyl (C=O) groups is 2. The standard InChI is InChI=1S/C17H20N4O3S/c22-16(20-6-9-25-10-7-20)14-11-21(5-8-24-14)17(23)15-12-3-1-2-4-13(12)18-19-15/h1-4,14H,5-11H2,(H,18,19). The van der Waals surface area contributed by atoms with Gasteiger partial charge in [0.15, 0.2) is 11.8 Å². The van der Waals surface area contributed by atoms with E-state index in [9.17, 15) is 9.59 Å². The zero-order valence-electron chi connectivity index (χ0n) is 13.8. The van der Waals surface area contributed by atoms with Gasteiger partial charge < -0.3 is 14.5 Å². The predicted molar refractivity (Wildman–Crippen MR) is 95.6 cm³/mol. The Balaban J connectivity index is 1.49. The topological polar surface area (TPSA) is 78.5 Å². The quantitative estimate of drug-likeness (QED) is 0.864. The number of ether oxygens (including phenoxy) is 1. The Bertz CT molecular complexity index is 787. The molecule has 3 heterocycles. The molecule has 0 saturated carbocycles. The lowest BCUT2D eigenvalue weighted by atomic mass is 10.1. The van der Waals surface area contributed by atoms with Crippen LogP contribution in [0.15, 0.2) is 24.3 Å². The van der Waals surface area contributed by atoms with Crippen LogP contribution < -0.4 is 0 Å². The maximum atomic E-state index is 12.9. The molecule has 132 valence electrons. The molecular formula is C17H20N4O3S. The summed E-state index contributed by atoms with van der Waals surface area (Å²) in [6.45, 7) is 2.62. The molecule has 0 bridgehead atoms. The first-order chi connectivity index (χ1) is 12.2.